The number of amides is 2. The third-order valence-corrected chi connectivity index (χ3v) is 3.65. The summed E-state index contributed by atoms with van der Waals surface area (Å²) in [5, 5.41) is 2.95. The Kier molecular flexibility index (Phi) is 5.47. The van der Waals surface area contributed by atoms with E-state index < -0.39 is 5.91 Å². The molecule has 0 aliphatic rings. The average Bonchev–Trinajstić information content (AvgIpc) is 2.83. The molecular weight excluding hydrogens is 310 g/mol. The van der Waals surface area contributed by atoms with Gasteiger partial charge in [-0.2, -0.15) is 0 Å². The zero-order valence-electron chi connectivity index (χ0n) is 14.1. The fraction of sp³-hybridized carbons (Fsp3) is 0.294. The Morgan fingerprint density at radius 1 is 1.08 bits per heavy atom. The maximum absolute atomic E-state index is 12.2. The number of carbonyl (C=O) groups is 2. The monoisotopic (exact) mass is 331 g/mol. The predicted octanol–water partition coefficient (Wildman–Crippen LogP) is 2.09. The summed E-state index contributed by atoms with van der Waals surface area (Å²) < 4.78 is 10.6. The molecule has 7 nitrogen and oxygen atoms in total. The lowest BCUT2D eigenvalue weighted by molar-refractivity contribution is -0.120. The van der Waals surface area contributed by atoms with E-state index in [4.69, 9.17) is 9.15 Å². The highest BCUT2D eigenvalue weighted by Gasteiger charge is 2.18. The van der Waals surface area contributed by atoms with Crippen molar-refractivity contribution in [1.29, 1.82) is 0 Å². The number of ether oxygens (including phenoxy) is 1. The van der Waals surface area contributed by atoms with Gasteiger partial charge < -0.3 is 14.5 Å². The molecule has 1 aromatic heterocycles. The molecule has 1 aromatic carbocycles. The van der Waals surface area contributed by atoms with Crippen molar-refractivity contribution in [3.05, 3.63) is 46.9 Å². The Balaban J connectivity index is 1.88. The van der Waals surface area contributed by atoms with Gasteiger partial charge in [0.15, 0.2) is 0 Å². The number of hydrogen-bond donors (Lipinski definition) is 3. The van der Waals surface area contributed by atoms with E-state index in [0.717, 1.165) is 5.56 Å². The van der Waals surface area contributed by atoms with Crippen LogP contribution in [0.3, 0.4) is 0 Å². The molecule has 2 amide bonds. The molecule has 128 valence electrons. The van der Waals surface area contributed by atoms with E-state index in [0.29, 0.717) is 28.5 Å². The predicted molar refractivity (Wildman–Crippen MR) is 90.0 cm³/mol. The van der Waals surface area contributed by atoms with Crippen LogP contribution in [0.15, 0.2) is 28.7 Å². The Bertz CT molecular complexity index is 752. The molecular formula is C17H21N3O4. The molecule has 2 aromatic rings. The van der Waals surface area contributed by atoms with Gasteiger partial charge in [-0.1, -0.05) is 12.1 Å². The largest absolute Gasteiger partial charge is 0.495 e. The van der Waals surface area contributed by atoms with E-state index in [1.54, 1.807) is 40.0 Å². The first-order valence-electron chi connectivity index (χ1n) is 7.46. The number of hydrazine groups is 1. The Morgan fingerprint density at radius 3 is 2.42 bits per heavy atom. The first-order chi connectivity index (χ1) is 11.4. The van der Waals surface area contributed by atoms with Crippen molar-refractivity contribution in [2.24, 2.45) is 0 Å². The summed E-state index contributed by atoms with van der Waals surface area (Å²) in [6.07, 6.45) is 0. The SMILES string of the molecule is COc1ccccc1NCC(=O)NNC(=O)c1c(C)oc(C)c1C. The molecule has 0 aliphatic carbocycles. The standard InChI is InChI=1S/C17H21N3O4/c1-10-11(2)24-12(3)16(10)17(22)20-19-15(21)9-18-13-7-5-6-8-14(13)23-4/h5-8,18H,9H2,1-4H3,(H,19,21)(H,20,22). The molecule has 0 radical (unpaired) electrons. The highest BCUT2D eigenvalue weighted by molar-refractivity contribution is 5.98. The first kappa shape index (κ1) is 17.4. The van der Waals surface area contributed by atoms with Crippen LogP contribution in [0.5, 0.6) is 5.75 Å². The molecule has 0 bridgehead atoms. The van der Waals surface area contributed by atoms with E-state index >= 15 is 0 Å². The zero-order valence-corrected chi connectivity index (χ0v) is 14.1. The molecule has 0 saturated carbocycles. The summed E-state index contributed by atoms with van der Waals surface area (Å²) in [5.41, 5.74) is 6.64. The number of carbonyl (C=O) groups excluding carboxylic acids is 2. The summed E-state index contributed by atoms with van der Waals surface area (Å²) in [5.74, 6) is 1.04. The second kappa shape index (κ2) is 7.54. The molecule has 0 spiro atoms. The number of aryl methyl sites for hydroxylation is 2. The van der Waals surface area contributed by atoms with Crippen molar-refractivity contribution in [2.75, 3.05) is 19.0 Å². The van der Waals surface area contributed by atoms with Gasteiger partial charge in [0.1, 0.15) is 17.3 Å². The van der Waals surface area contributed by atoms with Crippen LogP contribution < -0.4 is 20.9 Å². The third kappa shape index (κ3) is 3.87. The van der Waals surface area contributed by atoms with Gasteiger partial charge in [-0.25, -0.2) is 0 Å². The fourth-order valence-electron chi connectivity index (χ4n) is 2.33. The molecule has 24 heavy (non-hydrogen) atoms. The quantitative estimate of drug-likeness (QED) is 0.730. The molecule has 0 atom stereocenters. The minimum Gasteiger partial charge on any atom is -0.495 e. The van der Waals surface area contributed by atoms with Gasteiger partial charge in [-0.15, -0.1) is 0 Å². The maximum Gasteiger partial charge on any atom is 0.273 e. The third-order valence-electron chi connectivity index (χ3n) is 3.65. The topological polar surface area (TPSA) is 92.6 Å². The summed E-state index contributed by atoms with van der Waals surface area (Å²) in [6, 6.07) is 7.25. The van der Waals surface area contributed by atoms with E-state index in [-0.39, 0.29) is 12.5 Å². The van der Waals surface area contributed by atoms with Crippen LogP contribution >= 0.6 is 0 Å². The second-order valence-corrected chi connectivity index (χ2v) is 5.27. The first-order valence-corrected chi connectivity index (χ1v) is 7.46. The smallest absolute Gasteiger partial charge is 0.273 e. The average molecular weight is 331 g/mol. The summed E-state index contributed by atoms with van der Waals surface area (Å²) >= 11 is 0. The number of rotatable bonds is 5. The van der Waals surface area contributed by atoms with Gasteiger partial charge in [-0.05, 0) is 32.9 Å². The molecule has 2 rings (SSSR count). The number of anilines is 1. The zero-order chi connectivity index (χ0) is 17.7. The Morgan fingerprint density at radius 2 is 1.79 bits per heavy atom. The van der Waals surface area contributed by atoms with Crippen LogP contribution in [0.25, 0.3) is 0 Å². The molecule has 0 aliphatic heterocycles. The van der Waals surface area contributed by atoms with Crippen molar-refractivity contribution in [1.82, 2.24) is 10.9 Å². The van der Waals surface area contributed by atoms with Crippen molar-refractivity contribution < 1.29 is 18.7 Å². The van der Waals surface area contributed by atoms with Gasteiger partial charge >= 0.3 is 0 Å². The van der Waals surface area contributed by atoms with Crippen LogP contribution in [-0.2, 0) is 4.79 Å². The van der Waals surface area contributed by atoms with Crippen molar-refractivity contribution in [3.63, 3.8) is 0 Å². The number of methoxy groups -OCH3 is 1. The minimum absolute atomic E-state index is 0.0109. The van der Waals surface area contributed by atoms with Crippen molar-refractivity contribution in [3.8, 4) is 5.75 Å². The Hall–Kier alpha value is -2.96. The molecule has 0 fully saturated rings. The van der Waals surface area contributed by atoms with Crippen LogP contribution in [0.2, 0.25) is 0 Å². The molecule has 3 N–H and O–H groups in total. The number of hydrogen-bond acceptors (Lipinski definition) is 5. The fourth-order valence-corrected chi connectivity index (χ4v) is 2.33. The Labute approximate surface area is 140 Å². The van der Waals surface area contributed by atoms with Crippen molar-refractivity contribution >= 4 is 17.5 Å². The second-order valence-electron chi connectivity index (χ2n) is 5.27. The number of nitrogens with one attached hydrogen (secondary N) is 3. The molecule has 7 heteroatoms. The van der Waals surface area contributed by atoms with Crippen LogP contribution in [0, 0.1) is 20.8 Å². The van der Waals surface area contributed by atoms with Crippen LogP contribution in [0.4, 0.5) is 5.69 Å². The highest BCUT2D eigenvalue weighted by Crippen LogP contribution is 2.22. The summed E-state index contributed by atoms with van der Waals surface area (Å²) in [7, 11) is 1.55. The van der Waals surface area contributed by atoms with Gasteiger partial charge in [-0.3, -0.25) is 20.4 Å². The van der Waals surface area contributed by atoms with Crippen LogP contribution in [-0.4, -0.2) is 25.5 Å². The normalized spacial score (nSPS) is 10.2. The summed E-state index contributed by atoms with van der Waals surface area (Å²) in [6.45, 7) is 5.28. The maximum atomic E-state index is 12.2. The number of furan rings is 1. The van der Waals surface area contributed by atoms with E-state index in [9.17, 15) is 9.59 Å². The van der Waals surface area contributed by atoms with Gasteiger partial charge in [0, 0.05) is 5.56 Å². The van der Waals surface area contributed by atoms with E-state index in [2.05, 4.69) is 16.2 Å². The van der Waals surface area contributed by atoms with Gasteiger partial charge in [0.25, 0.3) is 11.8 Å². The van der Waals surface area contributed by atoms with Gasteiger partial charge in [0.2, 0.25) is 0 Å². The lowest BCUT2D eigenvalue weighted by atomic mass is 10.1. The molecule has 1 heterocycles. The molecule has 0 saturated heterocycles. The van der Waals surface area contributed by atoms with E-state index in [1.165, 1.54) is 0 Å². The summed E-state index contributed by atoms with van der Waals surface area (Å²) in [4.78, 5) is 24.0. The lowest BCUT2D eigenvalue weighted by Crippen LogP contribution is -2.44. The lowest BCUT2D eigenvalue weighted by Gasteiger charge is -2.11. The van der Waals surface area contributed by atoms with Crippen molar-refractivity contribution in [2.45, 2.75) is 20.8 Å². The highest BCUT2D eigenvalue weighted by atomic mass is 16.5. The minimum atomic E-state index is -0.410. The number of para-hydroxylation sites is 2. The van der Waals surface area contributed by atoms with Gasteiger partial charge in [0.05, 0.1) is 24.9 Å². The van der Waals surface area contributed by atoms with E-state index in [1.807, 2.05) is 12.1 Å². The molecule has 0 unspecified atom stereocenters. The number of benzene rings is 1. The van der Waals surface area contributed by atoms with Crippen LogP contribution in [0.1, 0.15) is 27.4 Å².